The van der Waals surface area contributed by atoms with Gasteiger partial charge in [0.15, 0.2) is 5.84 Å². The van der Waals surface area contributed by atoms with Crippen molar-refractivity contribution in [3.05, 3.63) is 71.3 Å². The van der Waals surface area contributed by atoms with Crippen LogP contribution in [0.2, 0.25) is 0 Å². The van der Waals surface area contributed by atoms with Crippen LogP contribution < -0.4 is 5.73 Å². The van der Waals surface area contributed by atoms with Crippen LogP contribution in [0.3, 0.4) is 0 Å². The molecule has 6 nitrogen and oxygen atoms in total. The van der Waals surface area contributed by atoms with Gasteiger partial charge < -0.3 is 10.6 Å². The quantitative estimate of drug-likeness (QED) is 0.382. The molecular formula is C18H21N5O. The molecule has 2 aromatic carbocycles. The van der Waals surface area contributed by atoms with Crippen molar-refractivity contribution in [1.29, 1.82) is 5.41 Å². The number of guanidine groups is 1. The number of nitrogens with one attached hydrogen (secondary N) is 1. The maximum atomic E-state index is 10.8. The van der Waals surface area contributed by atoms with E-state index in [2.05, 4.69) is 5.10 Å². The number of carbonyl (C=O) groups excluding carboxylic acids is 1. The Bertz CT molecular complexity index is 723. The van der Waals surface area contributed by atoms with Gasteiger partial charge in [-0.15, -0.1) is 0 Å². The van der Waals surface area contributed by atoms with E-state index in [0.717, 1.165) is 17.4 Å². The van der Waals surface area contributed by atoms with Crippen LogP contribution in [-0.2, 0) is 6.54 Å². The Morgan fingerprint density at radius 1 is 1.12 bits per heavy atom. The van der Waals surface area contributed by atoms with Crippen LogP contribution in [0.25, 0.3) is 0 Å². The molecule has 0 aliphatic carbocycles. The number of hydrogen-bond donors (Lipinski definition) is 2. The second-order valence-corrected chi connectivity index (χ2v) is 5.49. The minimum Gasteiger partial charge on any atom is -0.369 e. The first kappa shape index (κ1) is 17.2. The summed E-state index contributed by atoms with van der Waals surface area (Å²) in [7, 11) is 3.74. The summed E-state index contributed by atoms with van der Waals surface area (Å²) in [5.74, 6) is 0.515. The van der Waals surface area contributed by atoms with Crippen molar-refractivity contribution in [3.63, 3.8) is 0 Å². The first-order valence-corrected chi connectivity index (χ1v) is 7.48. The van der Waals surface area contributed by atoms with Gasteiger partial charge in [0, 0.05) is 25.2 Å². The summed E-state index contributed by atoms with van der Waals surface area (Å²) >= 11 is 0. The molecule has 0 radical (unpaired) electrons. The van der Waals surface area contributed by atoms with E-state index in [0.29, 0.717) is 17.9 Å². The van der Waals surface area contributed by atoms with E-state index < -0.39 is 0 Å². The van der Waals surface area contributed by atoms with Crippen molar-refractivity contribution in [3.8, 4) is 0 Å². The van der Waals surface area contributed by atoms with Crippen LogP contribution in [0.4, 0.5) is 0 Å². The van der Waals surface area contributed by atoms with Gasteiger partial charge in [-0.1, -0.05) is 54.6 Å². The number of carbonyl (C=O) groups is 1. The van der Waals surface area contributed by atoms with Crippen LogP contribution in [0, 0.1) is 5.41 Å². The van der Waals surface area contributed by atoms with E-state index in [4.69, 9.17) is 11.1 Å². The van der Waals surface area contributed by atoms with Crippen LogP contribution >= 0.6 is 0 Å². The summed E-state index contributed by atoms with van der Waals surface area (Å²) in [6.45, 7) is 0.403. The third kappa shape index (κ3) is 4.42. The zero-order chi connectivity index (χ0) is 17.5. The van der Waals surface area contributed by atoms with Gasteiger partial charge in [0.1, 0.15) is 6.29 Å². The van der Waals surface area contributed by atoms with Crippen molar-refractivity contribution in [2.75, 3.05) is 14.1 Å². The Morgan fingerprint density at radius 2 is 1.75 bits per heavy atom. The average Bonchev–Trinajstić information content (AvgIpc) is 2.59. The number of hydrogen-bond acceptors (Lipinski definition) is 3. The van der Waals surface area contributed by atoms with E-state index in [-0.39, 0.29) is 5.96 Å². The van der Waals surface area contributed by atoms with Crippen molar-refractivity contribution in [2.45, 2.75) is 6.54 Å². The molecule has 0 aliphatic heterocycles. The van der Waals surface area contributed by atoms with Gasteiger partial charge in [0.05, 0.1) is 6.54 Å². The molecule has 0 atom stereocenters. The minimum absolute atomic E-state index is 0.136. The van der Waals surface area contributed by atoms with Gasteiger partial charge in [-0.25, -0.2) is 5.01 Å². The molecule has 6 heteroatoms. The second-order valence-electron chi connectivity index (χ2n) is 5.49. The summed E-state index contributed by atoms with van der Waals surface area (Å²) in [5, 5.41) is 13.8. The van der Waals surface area contributed by atoms with E-state index in [1.807, 2.05) is 61.5 Å². The number of benzene rings is 2. The lowest BCUT2D eigenvalue weighted by molar-refractivity contribution is 0.112. The van der Waals surface area contributed by atoms with Gasteiger partial charge in [-0.05, 0) is 5.56 Å². The number of rotatable bonds is 5. The average molecular weight is 323 g/mol. The Morgan fingerprint density at radius 3 is 2.25 bits per heavy atom. The van der Waals surface area contributed by atoms with E-state index in [1.165, 1.54) is 5.01 Å². The predicted molar refractivity (Wildman–Crippen MR) is 96.0 cm³/mol. The molecule has 0 aliphatic rings. The fourth-order valence-corrected chi connectivity index (χ4v) is 2.16. The first-order chi connectivity index (χ1) is 11.5. The molecule has 0 amide bonds. The van der Waals surface area contributed by atoms with Gasteiger partial charge >= 0.3 is 0 Å². The number of amidine groups is 1. The maximum absolute atomic E-state index is 10.8. The van der Waals surface area contributed by atoms with E-state index in [9.17, 15) is 4.79 Å². The zero-order valence-electron chi connectivity index (χ0n) is 13.8. The van der Waals surface area contributed by atoms with Crippen molar-refractivity contribution < 1.29 is 4.79 Å². The molecular weight excluding hydrogens is 302 g/mol. The molecule has 24 heavy (non-hydrogen) atoms. The summed E-state index contributed by atoms with van der Waals surface area (Å²) in [6.07, 6.45) is 0.799. The lowest BCUT2D eigenvalue weighted by Gasteiger charge is -2.22. The van der Waals surface area contributed by atoms with Crippen molar-refractivity contribution in [1.82, 2.24) is 9.91 Å². The highest BCUT2D eigenvalue weighted by molar-refractivity contribution is 5.99. The third-order valence-electron chi connectivity index (χ3n) is 3.40. The minimum atomic E-state index is -0.136. The Labute approximate surface area is 141 Å². The van der Waals surface area contributed by atoms with E-state index >= 15 is 0 Å². The van der Waals surface area contributed by atoms with Crippen LogP contribution in [0.5, 0.6) is 0 Å². The zero-order valence-corrected chi connectivity index (χ0v) is 13.8. The fourth-order valence-electron chi connectivity index (χ4n) is 2.16. The van der Waals surface area contributed by atoms with Gasteiger partial charge in [-0.2, -0.15) is 5.10 Å². The fraction of sp³-hybridized carbons (Fsp3) is 0.167. The predicted octanol–water partition coefficient (Wildman–Crippen LogP) is 2.12. The highest BCUT2D eigenvalue weighted by atomic mass is 16.1. The number of nitrogens with zero attached hydrogens (tertiary/aromatic N) is 3. The largest absolute Gasteiger partial charge is 0.369 e. The Hall–Kier alpha value is -3.15. The lowest BCUT2D eigenvalue weighted by atomic mass is 10.1. The SMILES string of the molecule is CN(C)C(=NN(Cc1ccccc1)C(=N)N)c1ccc(C=O)cc1. The highest BCUT2D eigenvalue weighted by Crippen LogP contribution is 2.10. The number of nitrogens with two attached hydrogens (primary N) is 1. The summed E-state index contributed by atoms with van der Waals surface area (Å²) < 4.78 is 0. The molecule has 0 heterocycles. The summed E-state index contributed by atoms with van der Waals surface area (Å²) in [4.78, 5) is 12.6. The Kier molecular flexibility index (Phi) is 5.68. The molecule has 124 valence electrons. The van der Waals surface area contributed by atoms with Gasteiger partial charge in [0.2, 0.25) is 5.96 Å². The van der Waals surface area contributed by atoms with Crippen molar-refractivity contribution in [2.24, 2.45) is 10.8 Å². The number of aldehydes is 1. The molecule has 3 N–H and O–H groups in total. The molecule has 0 saturated carbocycles. The normalized spacial score (nSPS) is 11.0. The van der Waals surface area contributed by atoms with E-state index in [1.54, 1.807) is 12.1 Å². The molecule has 0 spiro atoms. The van der Waals surface area contributed by atoms with Crippen LogP contribution in [-0.4, -0.2) is 42.1 Å². The van der Waals surface area contributed by atoms with Gasteiger partial charge in [-0.3, -0.25) is 10.2 Å². The highest BCUT2D eigenvalue weighted by Gasteiger charge is 2.12. The third-order valence-corrected chi connectivity index (χ3v) is 3.40. The van der Waals surface area contributed by atoms with Gasteiger partial charge in [0.25, 0.3) is 0 Å². The Balaban J connectivity index is 2.34. The standard InChI is InChI=1S/C18H21N5O/c1-22(2)17(16-10-8-15(13-24)9-11-16)21-23(18(19)20)12-14-6-4-3-5-7-14/h3-11,13H,12H2,1-2H3,(H3,19,20). The second kappa shape index (κ2) is 7.92. The summed E-state index contributed by atoms with van der Waals surface area (Å²) in [6, 6.07) is 16.8. The molecule has 0 fully saturated rings. The topological polar surface area (TPSA) is 85.8 Å². The molecule has 2 aromatic rings. The van der Waals surface area contributed by atoms with Crippen molar-refractivity contribution >= 4 is 18.1 Å². The molecule has 0 bridgehead atoms. The van der Waals surface area contributed by atoms with Crippen LogP contribution in [0.15, 0.2) is 59.7 Å². The molecule has 2 rings (SSSR count). The smallest absolute Gasteiger partial charge is 0.209 e. The monoisotopic (exact) mass is 323 g/mol. The molecule has 0 saturated heterocycles. The summed E-state index contributed by atoms with van der Waals surface area (Å²) in [5.41, 5.74) is 8.14. The molecule has 0 aromatic heterocycles. The van der Waals surface area contributed by atoms with Crippen LogP contribution in [0.1, 0.15) is 21.5 Å². The lowest BCUT2D eigenvalue weighted by Crippen LogP contribution is -2.35. The number of hydrazone groups is 1. The molecule has 0 unspecified atom stereocenters. The maximum Gasteiger partial charge on any atom is 0.209 e. The first-order valence-electron chi connectivity index (χ1n) is 7.48.